The summed E-state index contributed by atoms with van der Waals surface area (Å²) in [6, 6.07) is 1.81. The van der Waals surface area contributed by atoms with E-state index in [2.05, 4.69) is 4.98 Å². The predicted octanol–water partition coefficient (Wildman–Crippen LogP) is 2.89. The van der Waals surface area contributed by atoms with Crippen LogP contribution in [0.4, 0.5) is 13.2 Å². The van der Waals surface area contributed by atoms with E-state index in [0.717, 1.165) is 24.8 Å². The fourth-order valence-corrected chi connectivity index (χ4v) is 0.871. The van der Waals surface area contributed by atoms with Gasteiger partial charge in [0.25, 0.3) is 0 Å². The standard InChI is InChI=1S/C9H10F3NO/c1-2-5-14-8-6-7(3-4-13-8)9(10,11)12/h3-4,6H,2,5H2,1H3. The van der Waals surface area contributed by atoms with Crippen molar-refractivity contribution in [1.29, 1.82) is 0 Å². The number of hydrogen-bond donors (Lipinski definition) is 0. The number of rotatable bonds is 3. The second-order valence-electron chi connectivity index (χ2n) is 2.73. The Kier molecular flexibility index (Phi) is 3.33. The molecule has 0 bridgehead atoms. The largest absolute Gasteiger partial charge is 0.478 e. The van der Waals surface area contributed by atoms with Crippen LogP contribution in [0.5, 0.6) is 5.88 Å². The monoisotopic (exact) mass is 205 g/mol. The Balaban J connectivity index is 2.79. The third-order valence-corrected chi connectivity index (χ3v) is 1.52. The Hall–Kier alpha value is -1.26. The number of ether oxygens (including phenoxy) is 1. The number of hydrogen-bond acceptors (Lipinski definition) is 2. The van der Waals surface area contributed by atoms with Crippen molar-refractivity contribution < 1.29 is 17.9 Å². The average Bonchev–Trinajstić information content (AvgIpc) is 2.14. The quantitative estimate of drug-likeness (QED) is 0.756. The summed E-state index contributed by atoms with van der Waals surface area (Å²) in [4.78, 5) is 3.67. The summed E-state index contributed by atoms with van der Waals surface area (Å²) >= 11 is 0. The van der Waals surface area contributed by atoms with Gasteiger partial charge in [-0.25, -0.2) is 4.98 Å². The Bertz CT molecular complexity index is 298. The number of nitrogens with zero attached hydrogens (tertiary/aromatic N) is 1. The smallest absolute Gasteiger partial charge is 0.416 e. The van der Waals surface area contributed by atoms with E-state index >= 15 is 0 Å². The molecule has 0 radical (unpaired) electrons. The Labute approximate surface area is 79.7 Å². The third-order valence-electron chi connectivity index (χ3n) is 1.52. The van der Waals surface area contributed by atoms with Gasteiger partial charge in [-0.15, -0.1) is 0 Å². The molecule has 0 fully saturated rings. The molecule has 0 saturated carbocycles. The van der Waals surface area contributed by atoms with E-state index in [1.807, 2.05) is 6.92 Å². The van der Waals surface area contributed by atoms with Gasteiger partial charge in [0.05, 0.1) is 12.2 Å². The fourth-order valence-electron chi connectivity index (χ4n) is 0.871. The summed E-state index contributed by atoms with van der Waals surface area (Å²) in [6.07, 6.45) is -2.51. The van der Waals surface area contributed by atoms with Gasteiger partial charge in [-0.2, -0.15) is 13.2 Å². The molecule has 0 amide bonds. The second-order valence-corrected chi connectivity index (χ2v) is 2.73. The van der Waals surface area contributed by atoms with Gasteiger partial charge in [0, 0.05) is 12.3 Å². The van der Waals surface area contributed by atoms with Crippen LogP contribution in [0, 0.1) is 0 Å². The summed E-state index contributed by atoms with van der Waals surface area (Å²) in [5.41, 5.74) is -0.737. The first-order chi connectivity index (χ1) is 6.54. The van der Waals surface area contributed by atoms with Crippen LogP contribution in [-0.4, -0.2) is 11.6 Å². The molecular formula is C9H10F3NO. The van der Waals surface area contributed by atoms with Gasteiger partial charge in [0.2, 0.25) is 5.88 Å². The first-order valence-electron chi connectivity index (χ1n) is 4.20. The lowest BCUT2D eigenvalue weighted by molar-refractivity contribution is -0.137. The van der Waals surface area contributed by atoms with Crippen LogP contribution in [0.25, 0.3) is 0 Å². The highest BCUT2D eigenvalue weighted by Crippen LogP contribution is 2.30. The highest BCUT2D eigenvalue weighted by molar-refractivity contribution is 5.22. The van der Waals surface area contributed by atoms with Gasteiger partial charge < -0.3 is 4.74 Å². The molecule has 0 aromatic carbocycles. The molecule has 0 aliphatic rings. The number of aromatic nitrogens is 1. The molecule has 1 aromatic heterocycles. The SMILES string of the molecule is CCCOc1cc(C(F)(F)F)ccn1. The van der Waals surface area contributed by atoms with Crippen LogP contribution in [0.1, 0.15) is 18.9 Å². The van der Waals surface area contributed by atoms with Crippen molar-refractivity contribution in [2.24, 2.45) is 0 Å². The van der Waals surface area contributed by atoms with Crippen LogP contribution in [0.15, 0.2) is 18.3 Å². The predicted molar refractivity (Wildman–Crippen MR) is 45.0 cm³/mol. The number of halogens is 3. The zero-order valence-electron chi connectivity index (χ0n) is 7.64. The minimum Gasteiger partial charge on any atom is -0.478 e. The molecule has 0 aliphatic carbocycles. The molecule has 0 saturated heterocycles. The first kappa shape index (κ1) is 10.8. The highest BCUT2D eigenvalue weighted by Gasteiger charge is 2.30. The molecule has 5 heteroatoms. The van der Waals surface area contributed by atoms with E-state index in [0.29, 0.717) is 6.61 Å². The average molecular weight is 205 g/mol. The molecule has 1 aromatic rings. The van der Waals surface area contributed by atoms with E-state index in [9.17, 15) is 13.2 Å². The van der Waals surface area contributed by atoms with Gasteiger partial charge in [-0.1, -0.05) is 6.92 Å². The van der Waals surface area contributed by atoms with Gasteiger partial charge in [-0.05, 0) is 12.5 Å². The maximum Gasteiger partial charge on any atom is 0.416 e. The molecule has 0 aliphatic heterocycles. The molecule has 0 atom stereocenters. The summed E-state index contributed by atoms with van der Waals surface area (Å²) in [5, 5.41) is 0. The van der Waals surface area contributed by atoms with Crippen LogP contribution >= 0.6 is 0 Å². The zero-order chi connectivity index (χ0) is 10.6. The molecule has 2 nitrogen and oxygen atoms in total. The van der Waals surface area contributed by atoms with Crippen LogP contribution in [0.3, 0.4) is 0 Å². The maximum absolute atomic E-state index is 12.2. The molecule has 1 rings (SSSR count). The zero-order valence-corrected chi connectivity index (χ0v) is 7.64. The molecule has 14 heavy (non-hydrogen) atoms. The lowest BCUT2D eigenvalue weighted by atomic mass is 10.2. The van der Waals surface area contributed by atoms with E-state index in [4.69, 9.17) is 4.74 Å². The molecule has 78 valence electrons. The minimum absolute atomic E-state index is 0.0154. The molecule has 0 spiro atoms. The molecule has 0 N–H and O–H groups in total. The highest BCUT2D eigenvalue weighted by atomic mass is 19.4. The van der Waals surface area contributed by atoms with Crippen molar-refractivity contribution in [3.8, 4) is 5.88 Å². The van der Waals surface area contributed by atoms with Gasteiger partial charge in [0.1, 0.15) is 0 Å². The van der Waals surface area contributed by atoms with Crippen molar-refractivity contribution in [3.05, 3.63) is 23.9 Å². The molecule has 1 heterocycles. The minimum atomic E-state index is -4.34. The fraction of sp³-hybridized carbons (Fsp3) is 0.444. The third kappa shape index (κ3) is 2.90. The van der Waals surface area contributed by atoms with E-state index in [-0.39, 0.29) is 5.88 Å². The summed E-state index contributed by atoms with van der Waals surface area (Å²) < 4.78 is 41.6. The van der Waals surface area contributed by atoms with Crippen molar-refractivity contribution in [3.63, 3.8) is 0 Å². The lowest BCUT2D eigenvalue weighted by Crippen LogP contribution is -2.06. The summed E-state index contributed by atoms with van der Waals surface area (Å²) in [5.74, 6) is 0.0154. The van der Waals surface area contributed by atoms with Crippen LogP contribution in [0.2, 0.25) is 0 Å². The Morgan fingerprint density at radius 1 is 1.43 bits per heavy atom. The summed E-state index contributed by atoms with van der Waals surface area (Å²) in [7, 11) is 0. The van der Waals surface area contributed by atoms with Gasteiger partial charge in [-0.3, -0.25) is 0 Å². The Morgan fingerprint density at radius 3 is 2.71 bits per heavy atom. The first-order valence-corrected chi connectivity index (χ1v) is 4.20. The molecule has 0 unspecified atom stereocenters. The van der Waals surface area contributed by atoms with E-state index in [1.54, 1.807) is 0 Å². The van der Waals surface area contributed by atoms with Crippen molar-refractivity contribution >= 4 is 0 Å². The van der Waals surface area contributed by atoms with E-state index < -0.39 is 11.7 Å². The van der Waals surface area contributed by atoms with Crippen molar-refractivity contribution in [1.82, 2.24) is 4.98 Å². The van der Waals surface area contributed by atoms with Gasteiger partial charge >= 0.3 is 6.18 Å². The van der Waals surface area contributed by atoms with Gasteiger partial charge in [0.15, 0.2) is 0 Å². The van der Waals surface area contributed by atoms with Crippen LogP contribution < -0.4 is 4.74 Å². The van der Waals surface area contributed by atoms with Crippen LogP contribution in [-0.2, 0) is 6.18 Å². The second kappa shape index (κ2) is 4.30. The lowest BCUT2D eigenvalue weighted by Gasteiger charge is -2.08. The van der Waals surface area contributed by atoms with E-state index in [1.165, 1.54) is 0 Å². The maximum atomic E-state index is 12.2. The topological polar surface area (TPSA) is 22.1 Å². The number of pyridine rings is 1. The van der Waals surface area contributed by atoms with Crippen molar-refractivity contribution in [2.45, 2.75) is 19.5 Å². The normalized spacial score (nSPS) is 11.4. The molecular weight excluding hydrogens is 195 g/mol. The van der Waals surface area contributed by atoms with Crippen molar-refractivity contribution in [2.75, 3.05) is 6.61 Å². The summed E-state index contributed by atoms with van der Waals surface area (Å²) in [6.45, 7) is 2.24. The Morgan fingerprint density at radius 2 is 2.14 bits per heavy atom. The number of alkyl halides is 3.